The van der Waals surface area contributed by atoms with Gasteiger partial charge in [0.05, 0.1) is 12.7 Å². The summed E-state index contributed by atoms with van der Waals surface area (Å²) in [6, 6.07) is 0.727. The summed E-state index contributed by atoms with van der Waals surface area (Å²) < 4.78 is 5.93. The molecule has 0 aromatic rings. The van der Waals surface area contributed by atoms with Gasteiger partial charge in [-0.3, -0.25) is 4.90 Å². The lowest BCUT2D eigenvalue weighted by Gasteiger charge is -2.35. The summed E-state index contributed by atoms with van der Waals surface area (Å²) in [6.45, 7) is 10.1. The van der Waals surface area contributed by atoms with E-state index in [2.05, 4.69) is 24.1 Å². The topological polar surface area (TPSA) is 24.5 Å². The van der Waals surface area contributed by atoms with Gasteiger partial charge in [0.25, 0.3) is 0 Å². The molecule has 100 valence electrons. The second kappa shape index (κ2) is 6.72. The third-order valence-electron chi connectivity index (χ3n) is 4.11. The average molecular weight is 240 g/mol. The first-order chi connectivity index (χ1) is 8.29. The highest BCUT2D eigenvalue weighted by Crippen LogP contribution is 2.22. The third kappa shape index (κ3) is 3.94. The van der Waals surface area contributed by atoms with Crippen LogP contribution in [0.2, 0.25) is 0 Å². The molecular formula is C14H28N2O. The predicted octanol–water partition coefficient (Wildman–Crippen LogP) is 1.88. The second-order valence-corrected chi connectivity index (χ2v) is 5.80. The van der Waals surface area contributed by atoms with E-state index in [4.69, 9.17) is 4.74 Å². The SMILES string of the molecule is CCCC(C)CNCC1CN2CCCC2CO1. The van der Waals surface area contributed by atoms with Gasteiger partial charge < -0.3 is 10.1 Å². The van der Waals surface area contributed by atoms with E-state index < -0.39 is 0 Å². The smallest absolute Gasteiger partial charge is 0.0826 e. The number of ether oxygens (including phenoxy) is 1. The van der Waals surface area contributed by atoms with E-state index in [9.17, 15) is 0 Å². The zero-order valence-corrected chi connectivity index (χ0v) is 11.5. The fourth-order valence-corrected chi connectivity index (χ4v) is 3.09. The molecule has 0 spiro atoms. The van der Waals surface area contributed by atoms with Crippen molar-refractivity contribution in [3.63, 3.8) is 0 Å². The lowest BCUT2D eigenvalue weighted by atomic mass is 10.1. The Labute approximate surface area is 106 Å². The molecule has 3 nitrogen and oxygen atoms in total. The number of nitrogens with zero attached hydrogens (tertiary/aromatic N) is 1. The first kappa shape index (κ1) is 13.3. The highest BCUT2D eigenvalue weighted by molar-refractivity contribution is 4.85. The summed E-state index contributed by atoms with van der Waals surface area (Å²) in [5, 5.41) is 3.57. The van der Waals surface area contributed by atoms with Crippen LogP contribution in [0.5, 0.6) is 0 Å². The Bertz CT molecular complexity index is 222. The van der Waals surface area contributed by atoms with Crippen LogP contribution >= 0.6 is 0 Å². The van der Waals surface area contributed by atoms with Crippen LogP contribution < -0.4 is 5.32 Å². The van der Waals surface area contributed by atoms with Crippen molar-refractivity contribution in [2.45, 2.75) is 51.7 Å². The quantitative estimate of drug-likeness (QED) is 0.767. The standard InChI is InChI=1S/C14H28N2O/c1-3-5-12(2)8-15-9-14-10-16-7-4-6-13(16)11-17-14/h12-15H,3-11H2,1-2H3. The first-order valence-corrected chi connectivity index (χ1v) is 7.36. The van der Waals surface area contributed by atoms with Crippen molar-refractivity contribution < 1.29 is 4.74 Å². The molecule has 2 heterocycles. The number of hydrogen-bond acceptors (Lipinski definition) is 3. The van der Waals surface area contributed by atoms with Gasteiger partial charge in [-0.25, -0.2) is 0 Å². The summed E-state index contributed by atoms with van der Waals surface area (Å²) >= 11 is 0. The Morgan fingerprint density at radius 2 is 2.35 bits per heavy atom. The van der Waals surface area contributed by atoms with Crippen LogP contribution in [-0.2, 0) is 4.74 Å². The molecule has 0 aromatic carbocycles. The Kier molecular flexibility index (Phi) is 5.26. The molecule has 17 heavy (non-hydrogen) atoms. The molecule has 0 saturated carbocycles. The van der Waals surface area contributed by atoms with Crippen molar-refractivity contribution in [1.82, 2.24) is 10.2 Å². The number of fused-ring (bicyclic) bond motifs is 1. The maximum atomic E-state index is 5.93. The summed E-state index contributed by atoms with van der Waals surface area (Å²) in [6.07, 6.45) is 5.73. The molecule has 2 rings (SSSR count). The zero-order valence-electron chi connectivity index (χ0n) is 11.5. The van der Waals surface area contributed by atoms with Gasteiger partial charge in [0.1, 0.15) is 0 Å². The predicted molar refractivity (Wildman–Crippen MR) is 71.3 cm³/mol. The molecule has 2 fully saturated rings. The van der Waals surface area contributed by atoms with Gasteiger partial charge in [0.2, 0.25) is 0 Å². The molecule has 1 N–H and O–H groups in total. The minimum absolute atomic E-state index is 0.415. The Morgan fingerprint density at radius 1 is 1.47 bits per heavy atom. The van der Waals surface area contributed by atoms with Gasteiger partial charge in [-0.1, -0.05) is 20.3 Å². The minimum Gasteiger partial charge on any atom is -0.374 e. The maximum absolute atomic E-state index is 5.93. The molecule has 0 radical (unpaired) electrons. The lowest BCUT2D eigenvalue weighted by Crippen LogP contribution is -2.49. The molecule has 2 saturated heterocycles. The van der Waals surface area contributed by atoms with Crippen LogP contribution in [0.3, 0.4) is 0 Å². The second-order valence-electron chi connectivity index (χ2n) is 5.80. The molecule has 0 amide bonds. The average Bonchev–Trinajstić information content (AvgIpc) is 2.76. The molecule has 3 atom stereocenters. The van der Waals surface area contributed by atoms with Crippen molar-refractivity contribution >= 4 is 0 Å². The fourth-order valence-electron chi connectivity index (χ4n) is 3.09. The molecule has 0 aromatic heterocycles. The maximum Gasteiger partial charge on any atom is 0.0826 e. The van der Waals surface area contributed by atoms with Gasteiger partial charge in [-0.15, -0.1) is 0 Å². The largest absolute Gasteiger partial charge is 0.374 e. The molecule has 3 unspecified atom stereocenters. The van der Waals surface area contributed by atoms with Gasteiger partial charge in [0, 0.05) is 19.1 Å². The summed E-state index contributed by atoms with van der Waals surface area (Å²) in [7, 11) is 0. The minimum atomic E-state index is 0.415. The van der Waals surface area contributed by atoms with Crippen LogP contribution in [0.4, 0.5) is 0 Å². The number of morpholine rings is 1. The first-order valence-electron chi connectivity index (χ1n) is 7.36. The van der Waals surface area contributed by atoms with Crippen LogP contribution in [-0.4, -0.2) is 49.8 Å². The van der Waals surface area contributed by atoms with Crippen LogP contribution in [0.15, 0.2) is 0 Å². The lowest BCUT2D eigenvalue weighted by molar-refractivity contribution is -0.0471. The summed E-state index contributed by atoms with van der Waals surface area (Å²) in [5.74, 6) is 0.795. The van der Waals surface area contributed by atoms with Crippen LogP contribution in [0.25, 0.3) is 0 Å². The summed E-state index contributed by atoms with van der Waals surface area (Å²) in [4.78, 5) is 2.62. The van der Waals surface area contributed by atoms with Gasteiger partial charge >= 0.3 is 0 Å². The Balaban J connectivity index is 1.60. The molecule has 0 bridgehead atoms. The van der Waals surface area contributed by atoms with E-state index in [1.807, 2.05) is 0 Å². The molecule has 3 heteroatoms. The van der Waals surface area contributed by atoms with Crippen molar-refractivity contribution in [3.05, 3.63) is 0 Å². The fraction of sp³-hybridized carbons (Fsp3) is 1.00. The molecule has 2 aliphatic rings. The van der Waals surface area contributed by atoms with Gasteiger partial charge in [-0.2, -0.15) is 0 Å². The molecule has 2 aliphatic heterocycles. The summed E-state index contributed by atoms with van der Waals surface area (Å²) in [5.41, 5.74) is 0. The highest BCUT2D eigenvalue weighted by atomic mass is 16.5. The van der Waals surface area contributed by atoms with E-state index in [1.165, 1.54) is 32.2 Å². The normalized spacial score (nSPS) is 31.4. The van der Waals surface area contributed by atoms with Gasteiger partial charge in [0.15, 0.2) is 0 Å². The monoisotopic (exact) mass is 240 g/mol. The van der Waals surface area contributed by atoms with E-state index in [-0.39, 0.29) is 0 Å². The van der Waals surface area contributed by atoms with Crippen molar-refractivity contribution in [2.75, 3.05) is 32.8 Å². The number of hydrogen-bond donors (Lipinski definition) is 1. The van der Waals surface area contributed by atoms with E-state index in [1.54, 1.807) is 0 Å². The van der Waals surface area contributed by atoms with E-state index >= 15 is 0 Å². The zero-order chi connectivity index (χ0) is 12.1. The van der Waals surface area contributed by atoms with E-state index in [0.29, 0.717) is 6.10 Å². The third-order valence-corrected chi connectivity index (χ3v) is 4.11. The van der Waals surface area contributed by atoms with Gasteiger partial charge in [-0.05, 0) is 38.3 Å². The van der Waals surface area contributed by atoms with Crippen molar-refractivity contribution in [1.29, 1.82) is 0 Å². The molecule has 0 aliphatic carbocycles. The molecular weight excluding hydrogens is 212 g/mol. The highest BCUT2D eigenvalue weighted by Gasteiger charge is 2.31. The van der Waals surface area contributed by atoms with Crippen molar-refractivity contribution in [2.24, 2.45) is 5.92 Å². The van der Waals surface area contributed by atoms with E-state index in [0.717, 1.165) is 38.2 Å². The number of nitrogens with one attached hydrogen (secondary N) is 1. The van der Waals surface area contributed by atoms with Crippen LogP contribution in [0, 0.1) is 5.92 Å². The Hall–Kier alpha value is -0.120. The van der Waals surface area contributed by atoms with Crippen LogP contribution in [0.1, 0.15) is 39.5 Å². The number of rotatable bonds is 6. The van der Waals surface area contributed by atoms with Crippen molar-refractivity contribution in [3.8, 4) is 0 Å². The Morgan fingerprint density at radius 3 is 3.18 bits per heavy atom.